The van der Waals surface area contributed by atoms with Crippen molar-refractivity contribution < 1.29 is 14.4 Å². The molecule has 0 aromatic carbocycles. The van der Waals surface area contributed by atoms with Crippen molar-refractivity contribution in [2.45, 2.75) is 26.8 Å². The number of aromatic nitrogens is 2. The number of hydrogen-bond donors (Lipinski definition) is 1. The zero-order valence-corrected chi connectivity index (χ0v) is 19.9. The SMILES string of the molecule is Cc1sc2ncn(CCC(=O)NCCN3C(=O)S/C(=C\c4cccs4)C3=O)c(=O)c2c1C. The Morgan fingerprint density at radius 3 is 2.78 bits per heavy atom. The summed E-state index contributed by atoms with van der Waals surface area (Å²) in [6.07, 6.45) is 3.26. The fraction of sp³-hybridized carbons (Fsp3) is 0.286. The van der Waals surface area contributed by atoms with E-state index in [4.69, 9.17) is 0 Å². The van der Waals surface area contributed by atoms with Crippen LogP contribution in [0.4, 0.5) is 4.79 Å². The van der Waals surface area contributed by atoms with Gasteiger partial charge >= 0.3 is 0 Å². The Balaban J connectivity index is 1.29. The summed E-state index contributed by atoms with van der Waals surface area (Å²) in [4.78, 5) is 58.0. The van der Waals surface area contributed by atoms with E-state index in [9.17, 15) is 19.2 Å². The van der Waals surface area contributed by atoms with E-state index in [1.54, 1.807) is 6.08 Å². The number of carbonyl (C=O) groups excluding carboxylic acids is 3. The Morgan fingerprint density at radius 1 is 1.22 bits per heavy atom. The molecule has 0 unspecified atom stereocenters. The average molecular weight is 489 g/mol. The van der Waals surface area contributed by atoms with Crippen LogP contribution < -0.4 is 10.9 Å². The van der Waals surface area contributed by atoms with Crippen LogP contribution in [-0.2, 0) is 16.1 Å². The minimum atomic E-state index is -0.352. The van der Waals surface area contributed by atoms with Crippen LogP contribution >= 0.6 is 34.4 Å². The summed E-state index contributed by atoms with van der Waals surface area (Å²) >= 11 is 3.87. The number of hydrogen-bond acceptors (Lipinski definition) is 8. The van der Waals surface area contributed by atoms with Crippen molar-refractivity contribution in [3.05, 3.63) is 54.4 Å². The predicted molar refractivity (Wildman–Crippen MR) is 128 cm³/mol. The smallest absolute Gasteiger partial charge is 0.293 e. The van der Waals surface area contributed by atoms with Gasteiger partial charge in [-0.3, -0.25) is 28.6 Å². The standard InChI is InChI=1S/C21H20N4O4S3/c1-12-13(2)31-18-17(12)20(28)24(11-23-18)7-5-16(26)22-6-8-25-19(27)15(32-21(25)29)10-14-4-3-9-30-14/h3-4,9-11H,5-8H2,1-2H3,(H,22,26)/b15-10-. The number of aryl methyl sites for hydroxylation is 3. The van der Waals surface area contributed by atoms with E-state index in [1.807, 2.05) is 31.4 Å². The molecule has 3 amide bonds. The first kappa shape index (κ1) is 22.4. The summed E-state index contributed by atoms with van der Waals surface area (Å²) in [6, 6.07) is 3.75. The topological polar surface area (TPSA) is 101 Å². The highest BCUT2D eigenvalue weighted by atomic mass is 32.2. The number of nitrogens with one attached hydrogen (secondary N) is 1. The van der Waals surface area contributed by atoms with Gasteiger partial charge in [-0.1, -0.05) is 6.07 Å². The molecule has 4 heterocycles. The average Bonchev–Trinajstić information content (AvgIpc) is 3.44. The fourth-order valence-electron chi connectivity index (χ4n) is 3.24. The zero-order valence-electron chi connectivity index (χ0n) is 17.4. The largest absolute Gasteiger partial charge is 0.354 e. The second-order valence-corrected chi connectivity index (χ2v) is 10.3. The van der Waals surface area contributed by atoms with Gasteiger partial charge in [-0.05, 0) is 48.7 Å². The molecule has 0 atom stereocenters. The van der Waals surface area contributed by atoms with Crippen LogP contribution in [0.25, 0.3) is 16.3 Å². The molecule has 1 aliphatic heterocycles. The van der Waals surface area contributed by atoms with E-state index in [-0.39, 0.29) is 48.7 Å². The maximum Gasteiger partial charge on any atom is 0.293 e. The lowest BCUT2D eigenvalue weighted by Crippen LogP contribution is -2.37. The maximum atomic E-state index is 12.7. The molecule has 0 spiro atoms. The normalized spacial score (nSPS) is 15.3. The molecule has 3 aromatic heterocycles. The van der Waals surface area contributed by atoms with E-state index in [0.29, 0.717) is 15.1 Å². The van der Waals surface area contributed by atoms with E-state index < -0.39 is 0 Å². The van der Waals surface area contributed by atoms with Crippen molar-refractivity contribution >= 4 is 67.8 Å². The Kier molecular flexibility index (Phi) is 6.58. The molecule has 8 nitrogen and oxygen atoms in total. The van der Waals surface area contributed by atoms with Gasteiger partial charge in [0.15, 0.2) is 0 Å². The van der Waals surface area contributed by atoms with Gasteiger partial charge in [-0.2, -0.15) is 0 Å². The number of imide groups is 1. The van der Waals surface area contributed by atoms with Gasteiger partial charge in [0, 0.05) is 35.8 Å². The van der Waals surface area contributed by atoms with Crippen LogP contribution in [0.1, 0.15) is 21.7 Å². The van der Waals surface area contributed by atoms with Crippen molar-refractivity contribution in [3.8, 4) is 0 Å². The van der Waals surface area contributed by atoms with Crippen molar-refractivity contribution in [1.82, 2.24) is 19.8 Å². The number of fused-ring (bicyclic) bond motifs is 1. The van der Waals surface area contributed by atoms with E-state index in [2.05, 4.69) is 10.3 Å². The predicted octanol–water partition coefficient (Wildman–Crippen LogP) is 3.38. The molecule has 0 radical (unpaired) electrons. The Hall–Kier alpha value is -2.76. The summed E-state index contributed by atoms with van der Waals surface area (Å²) in [6.45, 7) is 4.30. The van der Waals surface area contributed by atoms with Gasteiger partial charge in [0.05, 0.1) is 16.6 Å². The number of amides is 3. The lowest BCUT2D eigenvalue weighted by molar-refractivity contribution is -0.124. The summed E-state index contributed by atoms with van der Waals surface area (Å²) in [7, 11) is 0. The van der Waals surface area contributed by atoms with Crippen LogP contribution in [0.15, 0.2) is 33.5 Å². The molecule has 1 saturated heterocycles. The third-order valence-electron chi connectivity index (χ3n) is 5.08. The quantitative estimate of drug-likeness (QED) is 0.512. The molecule has 166 valence electrons. The maximum absolute atomic E-state index is 12.7. The summed E-state index contributed by atoms with van der Waals surface area (Å²) in [5.41, 5.74) is 0.770. The number of nitrogens with zero attached hydrogens (tertiary/aromatic N) is 3. The first-order valence-corrected chi connectivity index (χ1v) is 12.4. The van der Waals surface area contributed by atoms with E-state index >= 15 is 0 Å². The molecular formula is C21H20N4O4S3. The van der Waals surface area contributed by atoms with Crippen LogP contribution in [0.5, 0.6) is 0 Å². The van der Waals surface area contributed by atoms with Gasteiger partial charge in [-0.15, -0.1) is 22.7 Å². The number of thioether (sulfide) groups is 1. The number of thiophene rings is 2. The third-order valence-corrected chi connectivity index (χ3v) is 7.93. The Bertz CT molecular complexity index is 1290. The van der Waals surface area contributed by atoms with Crippen LogP contribution in [0.3, 0.4) is 0 Å². The van der Waals surface area contributed by atoms with Crippen LogP contribution in [-0.4, -0.2) is 44.6 Å². The lowest BCUT2D eigenvalue weighted by atomic mass is 10.2. The van der Waals surface area contributed by atoms with Crippen molar-refractivity contribution in [3.63, 3.8) is 0 Å². The van der Waals surface area contributed by atoms with Gasteiger partial charge in [0.2, 0.25) is 5.91 Å². The van der Waals surface area contributed by atoms with Crippen molar-refractivity contribution in [2.24, 2.45) is 0 Å². The Labute approximate surface area is 195 Å². The Morgan fingerprint density at radius 2 is 2.03 bits per heavy atom. The molecule has 1 aliphatic rings. The monoisotopic (exact) mass is 488 g/mol. The second-order valence-electron chi connectivity index (χ2n) is 7.16. The molecule has 1 fully saturated rings. The summed E-state index contributed by atoms with van der Waals surface area (Å²) < 4.78 is 1.44. The van der Waals surface area contributed by atoms with Gasteiger partial charge in [0.1, 0.15) is 4.83 Å². The van der Waals surface area contributed by atoms with Crippen LogP contribution in [0, 0.1) is 13.8 Å². The molecule has 11 heteroatoms. The minimum absolute atomic E-state index is 0.0927. The highest BCUT2D eigenvalue weighted by molar-refractivity contribution is 8.18. The highest BCUT2D eigenvalue weighted by Gasteiger charge is 2.34. The van der Waals surface area contributed by atoms with E-state index in [1.165, 1.54) is 33.6 Å². The molecule has 0 aliphatic carbocycles. The van der Waals surface area contributed by atoms with Crippen molar-refractivity contribution in [2.75, 3.05) is 13.1 Å². The molecule has 3 aromatic rings. The van der Waals surface area contributed by atoms with Gasteiger partial charge in [0.25, 0.3) is 16.7 Å². The summed E-state index contributed by atoms with van der Waals surface area (Å²) in [5.74, 6) is -0.619. The third kappa shape index (κ3) is 4.54. The zero-order chi connectivity index (χ0) is 22.8. The first-order valence-electron chi connectivity index (χ1n) is 9.86. The fourth-order valence-corrected chi connectivity index (χ4v) is 5.82. The minimum Gasteiger partial charge on any atom is -0.354 e. The summed E-state index contributed by atoms with van der Waals surface area (Å²) in [5, 5.41) is 4.86. The van der Waals surface area contributed by atoms with Crippen LogP contribution in [0.2, 0.25) is 0 Å². The molecule has 1 N–H and O–H groups in total. The van der Waals surface area contributed by atoms with Gasteiger partial charge < -0.3 is 5.32 Å². The highest BCUT2D eigenvalue weighted by Crippen LogP contribution is 2.32. The molecule has 32 heavy (non-hydrogen) atoms. The van der Waals surface area contributed by atoms with Crippen molar-refractivity contribution in [1.29, 1.82) is 0 Å². The number of rotatable bonds is 7. The first-order chi connectivity index (χ1) is 15.3. The number of carbonyl (C=O) groups is 3. The second kappa shape index (κ2) is 9.39. The van der Waals surface area contributed by atoms with E-state index in [0.717, 1.165) is 32.0 Å². The molecule has 4 rings (SSSR count). The lowest BCUT2D eigenvalue weighted by Gasteiger charge is -2.13. The molecule has 0 saturated carbocycles. The van der Waals surface area contributed by atoms with Gasteiger partial charge in [-0.25, -0.2) is 4.98 Å². The molecular weight excluding hydrogens is 468 g/mol. The molecule has 0 bridgehead atoms.